The van der Waals surface area contributed by atoms with Gasteiger partial charge in [-0.2, -0.15) is 13.2 Å². The summed E-state index contributed by atoms with van der Waals surface area (Å²) in [6.45, 7) is 4.17. The van der Waals surface area contributed by atoms with Gasteiger partial charge in [-0.25, -0.2) is 9.36 Å². The Morgan fingerprint density at radius 3 is 2.49 bits per heavy atom. The van der Waals surface area contributed by atoms with E-state index in [0.29, 0.717) is 36.7 Å². The summed E-state index contributed by atoms with van der Waals surface area (Å²) < 4.78 is 79.1. The number of anilines is 1. The molecule has 12 nitrogen and oxygen atoms in total. The number of ether oxygens (including phenoxy) is 2. The summed E-state index contributed by atoms with van der Waals surface area (Å²) in [6, 6.07) is 21.7. The average Bonchev–Trinajstić information content (AvgIpc) is 3.56. The molecule has 65 heavy (non-hydrogen) atoms. The number of methoxy groups -OCH3 is 1. The minimum Gasteiger partial charge on any atom is -0.493 e. The number of esters is 1. The van der Waals surface area contributed by atoms with Crippen LogP contribution in [0.3, 0.4) is 0 Å². The number of benzene rings is 3. The van der Waals surface area contributed by atoms with Crippen LogP contribution >= 0.6 is 19.4 Å². The maximum absolute atomic E-state index is 14.5. The molecule has 1 heterocycles. The molecule has 0 saturated heterocycles. The maximum atomic E-state index is 14.5. The zero-order valence-corrected chi connectivity index (χ0v) is 38.2. The summed E-state index contributed by atoms with van der Waals surface area (Å²) in [4.78, 5) is 55.8. The number of pyridine rings is 1. The van der Waals surface area contributed by atoms with Crippen LogP contribution in [0.25, 0.3) is 0 Å². The number of aryl methyl sites for hydroxylation is 1. The number of fused-ring (bicyclic) bond motifs is 3. The summed E-state index contributed by atoms with van der Waals surface area (Å²) in [7, 11) is -3.77. The molecule has 348 valence electrons. The van der Waals surface area contributed by atoms with Crippen molar-refractivity contribution in [2.24, 2.45) is 11.8 Å². The van der Waals surface area contributed by atoms with Gasteiger partial charge >= 0.3 is 25.9 Å². The van der Waals surface area contributed by atoms with Gasteiger partial charge in [0, 0.05) is 34.7 Å². The second kappa shape index (κ2) is 19.9. The molecular formula is C48H54ClF3N3O9P. The number of hydrogen-bond donors (Lipinski definition) is 2. The molecule has 3 aliphatic carbocycles. The molecule has 2 amide bonds. The Morgan fingerprint density at radius 1 is 1.03 bits per heavy atom. The number of hydrogen-bond acceptors (Lipinski definition) is 9. The third kappa shape index (κ3) is 10.7. The average molecular weight is 940 g/mol. The molecule has 3 aromatic carbocycles. The van der Waals surface area contributed by atoms with Crippen molar-refractivity contribution in [2.75, 3.05) is 31.8 Å². The van der Waals surface area contributed by atoms with Crippen LogP contribution in [-0.4, -0.2) is 66.2 Å². The number of amides is 2. The number of phosphoric ester groups is 1. The number of carbonyl (C=O) groups is 3. The fourth-order valence-electron chi connectivity index (χ4n) is 10.2. The van der Waals surface area contributed by atoms with Crippen LogP contribution in [-0.2, 0) is 52.9 Å². The molecule has 17 heteroatoms. The van der Waals surface area contributed by atoms with Gasteiger partial charge in [-0.05, 0) is 140 Å². The number of carbonyl (C=O) groups excluding carboxylic acids is 3. The minimum absolute atomic E-state index is 0.0171. The van der Waals surface area contributed by atoms with E-state index in [4.69, 9.17) is 30.1 Å². The van der Waals surface area contributed by atoms with Crippen LogP contribution in [0.15, 0.2) is 85.1 Å². The molecule has 1 fully saturated rings. The second-order valence-electron chi connectivity index (χ2n) is 17.6. The number of nitrogens with one attached hydrogen (secondary N) is 1. The predicted octanol–water partition coefficient (Wildman–Crippen LogP) is 9.63. The highest BCUT2D eigenvalue weighted by molar-refractivity contribution is 7.47. The number of rotatable bonds is 16. The van der Waals surface area contributed by atoms with Crippen LogP contribution in [0.2, 0.25) is 5.02 Å². The highest BCUT2D eigenvalue weighted by Gasteiger charge is 2.60. The van der Waals surface area contributed by atoms with Crippen LogP contribution in [0.4, 0.5) is 18.9 Å². The lowest BCUT2D eigenvalue weighted by Crippen LogP contribution is -2.63. The largest absolute Gasteiger partial charge is 0.527 e. The van der Waals surface area contributed by atoms with Gasteiger partial charge in [0.25, 0.3) is 0 Å². The zero-order valence-electron chi connectivity index (χ0n) is 36.6. The molecule has 0 radical (unpaired) electrons. The van der Waals surface area contributed by atoms with Crippen molar-refractivity contribution in [1.29, 1.82) is 0 Å². The Hall–Kier alpha value is -4.95. The van der Waals surface area contributed by atoms with Crippen molar-refractivity contribution in [3.63, 3.8) is 0 Å². The first kappa shape index (κ1) is 48.0. The van der Waals surface area contributed by atoms with Gasteiger partial charge in [-0.3, -0.25) is 28.9 Å². The van der Waals surface area contributed by atoms with Crippen molar-refractivity contribution in [1.82, 2.24) is 10.3 Å². The molecule has 1 spiro atoms. The molecule has 0 aliphatic heterocycles. The first-order valence-corrected chi connectivity index (χ1v) is 23.8. The number of nitrogens with zero attached hydrogens (tertiary/aromatic N) is 2. The summed E-state index contributed by atoms with van der Waals surface area (Å²) in [5.41, 5.74) is 1.73. The monoisotopic (exact) mass is 939 g/mol. The molecule has 4 aromatic rings. The highest BCUT2D eigenvalue weighted by Crippen LogP contribution is 2.58. The predicted molar refractivity (Wildman–Crippen MR) is 238 cm³/mol. The van der Waals surface area contributed by atoms with Crippen LogP contribution in [0.5, 0.6) is 11.5 Å². The van der Waals surface area contributed by atoms with Gasteiger partial charge in [0.05, 0.1) is 13.7 Å². The zero-order chi connectivity index (χ0) is 46.6. The van der Waals surface area contributed by atoms with E-state index in [0.717, 1.165) is 60.1 Å². The number of phosphoric acid groups is 1. The van der Waals surface area contributed by atoms with Crippen LogP contribution in [0.1, 0.15) is 92.7 Å². The van der Waals surface area contributed by atoms with Gasteiger partial charge < -0.3 is 19.3 Å². The number of halogens is 4. The molecular weight excluding hydrogens is 886 g/mol. The molecule has 1 saturated carbocycles. The molecule has 1 aromatic heterocycles. The molecule has 1 unspecified atom stereocenters. The SMILES string of the molecule is COC(=O)C1(N(C(=O)C(F)(F)F)c2cccc(Cl)c2)CCC2(CC1)c1cc(OP(=O)(O)OCC(=O)NCCc3ccccc3)ccc1C[C@@H]2C[C@@H](C)COc1ccnc2c1[C@H](C)CCC2. The first-order chi connectivity index (χ1) is 30.9. The van der Waals surface area contributed by atoms with Crippen molar-refractivity contribution < 1.29 is 55.5 Å². The van der Waals surface area contributed by atoms with Crippen LogP contribution < -0.4 is 19.5 Å². The Labute approximate surface area is 381 Å². The molecule has 4 atom stereocenters. The summed E-state index contributed by atoms with van der Waals surface area (Å²) >= 11 is 6.24. The van der Waals surface area contributed by atoms with Gasteiger partial charge in [-0.15, -0.1) is 0 Å². The van der Waals surface area contributed by atoms with Crippen molar-refractivity contribution in [2.45, 2.75) is 101 Å². The summed E-state index contributed by atoms with van der Waals surface area (Å²) in [6.07, 6.45) is 0.930. The highest BCUT2D eigenvalue weighted by atomic mass is 35.5. The quantitative estimate of drug-likeness (QED) is 0.0820. The molecule has 2 N–H and O–H groups in total. The lowest BCUT2D eigenvalue weighted by Gasteiger charge is -2.51. The maximum Gasteiger partial charge on any atom is 0.527 e. The fraction of sp³-hybridized carbons (Fsp3) is 0.458. The van der Waals surface area contributed by atoms with Crippen molar-refractivity contribution in [3.8, 4) is 11.5 Å². The molecule has 7 rings (SSSR count). The fourth-order valence-corrected chi connectivity index (χ4v) is 11.1. The second-order valence-corrected chi connectivity index (χ2v) is 19.4. The van der Waals surface area contributed by atoms with Gasteiger partial charge in [0.15, 0.2) is 0 Å². The minimum atomic E-state index is -5.35. The van der Waals surface area contributed by atoms with Crippen molar-refractivity contribution in [3.05, 3.63) is 118 Å². The Morgan fingerprint density at radius 2 is 1.78 bits per heavy atom. The molecule has 3 aliphatic rings. The Balaban J connectivity index is 1.15. The van der Waals surface area contributed by atoms with Gasteiger partial charge in [0.1, 0.15) is 23.6 Å². The van der Waals surface area contributed by atoms with E-state index in [1.54, 1.807) is 18.3 Å². The summed E-state index contributed by atoms with van der Waals surface area (Å²) in [5, 5.41) is 2.73. The topological polar surface area (TPSA) is 154 Å². The Bertz CT molecular complexity index is 2410. The van der Waals surface area contributed by atoms with E-state index in [1.807, 2.05) is 36.4 Å². The van der Waals surface area contributed by atoms with E-state index in [2.05, 4.69) is 24.1 Å². The van der Waals surface area contributed by atoms with E-state index in [9.17, 15) is 37.0 Å². The van der Waals surface area contributed by atoms with E-state index < -0.39 is 49.3 Å². The third-order valence-corrected chi connectivity index (χ3v) is 14.4. The van der Waals surface area contributed by atoms with E-state index in [1.165, 1.54) is 30.3 Å². The van der Waals surface area contributed by atoms with Gasteiger partial charge in [-0.1, -0.05) is 67.9 Å². The molecule has 0 bridgehead atoms. The van der Waals surface area contributed by atoms with Crippen LogP contribution in [0, 0.1) is 11.8 Å². The standard InChI is InChI=1S/C48H54ClF3N3O9P/c1-31(29-62-41-18-24-53-40-14-7-9-32(2)43(40)41)25-35-26-34-15-16-38(64-65(59,60)63-30-42(56)54-23-17-33-10-5-4-6-11-33)28-39(34)46(35)19-21-47(22-20-46,45(58)61-3)55(44(57)48(50,51)52)37-13-8-12-36(49)27-37/h4-6,8,10-13,15-16,18,24,27-28,31-32,35H,7,9,14,17,19-23,25-26,29-30H2,1-3H3,(H,54,56)(H,59,60)/t31-,32-,35+,46?,47?/m1/s1. The van der Waals surface area contributed by atoms with Crippen molar-refractivity contribution >= 4 is 42.9 Å². The first-order valence-electron chi connectivity index (χ1n) is 21.9. The smallest absolute Gasteiger partial charge is 0.493 e. The third-order valence-electron chi connectivity index (χ3n) is 13.3. The van der Waals surface area contributed by atoms with Gasteiger partial charge in [0.2, 0.25) is 5.91 Å². The number of aromatic nitrogens is 1. The summed E-state index contributed by atoms with van der Waals surface area (Å²) in [5.74, 6) is -2.92. The number of alkyl halides is 3. The Kier molecular flexibility index (Phi) is 14.7. The van der Waals surface area contributed by atoms with E-state index >= 15 is 0 Å². The van der Waals surface area contributed by atoms with E-state index in [-0.39, 0.29) is 60.5 Å². The lowest BCUT2D eigenvalue weighted by atomic mass is 9.59. The lowest BCUT2D eigenvalue weighted by molar-refractivity contribution is -0.174. The normalized spacial score (nSPS) is 22.8.